The zero-order valence-electron chi connectivity index (χ0n) is 18.9. The minimum absolute atomic E-state index is 0.188. The van der Waals surface area contributed by atoms with Gasteiger partial charge in [0.25, 0.3) is 0 Å². The Bertz CT molecular complexity index is 1020. The third-order valence-corrected chi connectivity index (χ3v) is 8.44. The van der Waals surface area contributed by atoms with Gasteiger partial charge in [0.05, 0.1) is 28.4 Å². The minimum atomic E-state index is -1.06. The lowest BCUT2D eigenvalue weighted by atomic mass is 9.99. The maximum Gasteiger partial charge on any atom is 0.335 e. The number of carbonyl (C=O) groups is 1. The molecule has 6 nitrogen and oxygen atoms in total. The van der Waals surface area contributed by atoms with E-state index < -0.39 is 12.1 Å². The van der Waals surface area contributed by atoms with Gasteiger partial charge in [-0.3, -0.25) is 0 Å². The van der Waals surface area contributed by atoms with Crippen LogP contribution in [0.4, 0.5) is 0 Å². The average molecular weight is 489 g/mol. The van der Waals surface area contributed by atoms with Crippen LogP contribution in [0.1, 0.15) is 46.5 Å². The van der Waals surface area contributed by atoms with Crippen molar-refractivity contribution in [3.63, 3.8) is 0 Å². The van der Waals surface area contributed by atoms with Crippen LogP contribution in [0.15, 0.2) is 36.4 Å². The zero-order chi connectivity index (χ0) is 23.8. The summed E-state index contributed by atoms with van der Waals surface area (Å²) in [5.41, 5.74) is 2.37. The second-order valence-corrected chi connectivity index (χ2v) is 9.72. The van der Waals surface area contributed by atoms with Crippen LogP contribution in [0.3, 0.4) is 0 Å². The van der Waals surface area contributed by atoms with Gasteiger partial charge in [0.15, 0.2) is 0 Å². The molecule has 0 spiro atoms. The maximum atomic E-state index is 11.0. The van der Waals surface area contributed by atoms with Crippen LogP contribution < -0.4 is 9.47 Å². The fraction of sp³-hybridized carbons (Fsp3) is 0.400. The molecular formula is C25H28O6S2. The van der Waals surface area contributed by atoms with E-state index in [1.807, 2.05) is 19.1 Å². The van der Waals surface area contributed by atoms with Crippen LogP contribution in [-0.2, 0) is 8.82 Å². The van der Waals surface area contributed by atoms with Crippen molar-refractivity contribution in [2.45, 2.75) is 23.5 Å². The van der Waals surface area contributed by atoms with E-state index in [1.165, 1.54) is 12.1 Å². The highest BCUT2D eigenvalue weighted by Crippen LogP contribution is 2.56. The first-order chi connectivity index (χ1) is 15.9. The van der Waals surface area contributed by atoms with Gasteiger partial charge in [-0.2, -0.15) is 0 Å². The largest absolute Gasteiger partial charge is 0.493 e. The van der Waals surface area contributed by atoms with E-state index in [4.69, 9.17) is 19.3 Å². The minimum Gasteiger partial charge on any atom is -0.493 e. The molecule has 0 amide bonds. The van der Waals surface area contributed by atoms with Gasteiger partial charge in [-0.1, -0.05) is 11.8 Å². The molecule has 176 valence electrons. The molecule has 1 unspecified atom stereocenters. The van der Waals surface area contributed by atoms with Gasteiger partial charge in [-0.25, -0.2) is 4.79 Å². The van der Waals surface area contributed by atoms with Crippen molar-refractivity contribution in [3.8, 4) is 23.3 Å². The Morgan fingerprint density at radius 3 is 2.58 bits per heavy atom. The number of carboxylic acids is 1. The molecule has 0 bridgehead atoms. The summed E-state index contributed by atoms with van der Waals surface area (Å²) in [6.45, 7) is 3.99. The third kappa shape index (κ3) is 5.98. The smallest absolute Gasteiger partial charge is 0.335 e. The normalized spacial score (nSPS) is 14.9. The van der Waals surface area contributed by atoms with Crippen LogP contribution in [-0.4, -0.2) is 55.1 Å². The number of aromatic carboxylic acids is 1. The van der Waals surface area contributed by atoms with Crippen molar-refractivity contribution in [2.75, 3.05) is 38.9 Å². The lowest BCUT2D eigenvalue weighted by Gasteiger charge is -2.37. The monoisotopic (exact) mass is 488 g/mol. The number of rotatable bonds is 9. The molecule has 3 rings (SSSR count). The molecule has 1 heterocycles. The Morgan fingerprint density at radius 2 is 1.94 bits per heavy atom. The van der Waals surface area contributed by atoms with Crippen LogP contribution in [0.5, 0.6) is 11.5 Å². The molecule has 1 aliphatic rings. The van der Waals surface area contributed by atoms with Crippen LogP contribution >= 0.6 is 23.5 Å². The Labute approximate surface area is 203 Å². The number of hydrogen-bond donors (Lipinski definition) is 2. The predicted molar refractivity (Wildman–Crippen MR) is 132 cm³/mol. The standard InChI is InChI=1S/C25H28O6S2/c1-4-29-13-14-31-22-16-19(15-21-23(22)25(32-2,33-3)11-12-30-21)20(26)10-7-17-5-8-18(9-6-17)24(27)28/h5-6,8-9,15-16,20,26H,4,11-14H2,1-3H3,(H,27,28). The lowest BCUT2D eigenvalue weighted by molar-refractivity contribution is 0.0697. The molecule has 0 fully saturated rings. The van der Waals surface area contributed by atoms with Gasteiger partial charge in [-0.05, 0) is 61.4 Å². The van der Waals surface area contributed by atoms with Gasteiger partial charge in [-0.15, -0.1) is 23.5 Å². The molecule has 2 aromatic rings. The zero-order valence-corrected chi connectivity index (χ0v) is 20.6. The van der Waals surface area contributed by atoms with E-state index in [1.54, 1.807) is 35.7 Å². The summed E-state index contributed by atoms with van der Waals surface area (Å²) in [5.74, 6) is 6.10. The number of ether oxygens (including phenoxy) is 3. The summed E-state index contributed by atoms with van der Waals surface area (Å²) in [4.78, 5) is 11.0. The Balaban J connectivity index is 1.93. The second kappa shape index (κ2) is 11.7. The van der Waals surface area contributed by atoms with Crippen LogP contribution in [0.2, 0.25) is 0 Å². The molecule has 2 aromatic carbocycles. The summed E-state index contributed by atoms with van der Waals surface area (Å²) < 4.78 is 17.3. The highest BCUT2D eigenvalue weighted by atomic mass is 32.2. The molecule has 0 aromatic heterocycles. The molecule has 0 saturated carbocycles. The van der Waals surface area contributed by atoms with Gasteiger partial charge in [0, 0.05) is 18.6 Å². The molecule has 2 N–H and O–H groups in total. The van der Waals surface area contributed by atoms with Crippen molar-refractivity contribution in [1.82, 2.24) is 0 Å². The molecule has 1 atom stereocenters. The number of fused-ring (bicyclic) bond motifs is 1. The summed E-state index contributed by atoms with van der Waals surface area (Å²) >= 11 is 3.52. The molecule has 1 aliphatic heterocycles. The number of aliphatic hydroxyl groups excluding tert-OH is 1. The molecule has 0 radical (unpaired) electrons. The molecule has 0 aliphatic carbocycles. The molecule has 8 heteroatoms. The van der Waals surface area contributed by atoms with E-state index in [0.717, 1.165) is 12.0 Å². The van der Waals surface area contributed by atoms with Crippen LogP contribution in [0.25, 0.3) is 0 Å². The van der Waals surface area contributed by atoms with Gasteiger partial charge in [0.1, 0.15) is 24.2 Å². The van der Waals surface area contributed by atoms with Crippen molar-refractivity contribution in [2.24, 2.45) is 0 Å². The first-order valence-electron chi connectivity index (χ1n) is 10.6. The molecule has 0 saturated heterocycles. The van der Waals surface area contributed by atoms with Gasteiger partial charge in [0.2, 0.25) is 0 Å². The topological polar surface area (TPSA) is 85.2 Å². The first-order valence-corrected chi connectivity index (χ1v) is 13.0. The van der Waals surface area contributed by atoms with Crippen LogP contribution in [0, 0.1) is 11.8 Å². The Hall–Kier alpha value is -2.31. The van der Waals surface area contributed by atoms with E-state index in [2.05, 4.69) is 24.4 Å². The quantitative estimate of drug-likeness (QED) is 0.302. The molecule has 33 heavy (non-hydrogen) atoms. The Kier molecular flexibility index (Phi) is 8.98. The number of carboxylic acid groups (broad SMARTS) is 1. The van der Waals surface area contributed by atoms with E-state index >= 15 is 0 Å². The van der Waals surface area contributed by atoms with E-state index in [9.17, 15) is 9.90 Å². The summed E-state index contributed by atoms with van der Waals surface area (Å²) in [5, 5.41) is 19.8. The number of benzene rings is 2. The highest BCUT2D eigenvalue weighted by Gasteiger charge is 2.40. The number of aliphatic hydroxyl groups is 1. The maximum absolute atomic E-state index is 11.0. The van der Waals surface area contributed by atoms with E-state index in [0.29, 0.717) is 49.1 Å². The predicted octanol–water partition coefficient (Wildman–Crippen LogP) is 4.55. The van der Waals surface area contributed by atoms with Gasteiger partial charge >= 0.3 is 5.97 Å². The van der Waals surface area contributed by atoms with E-state index in [-0.39, 0.29) is 9.64 Å². The van der Waals surface area contributed by atoms with Crippen molar-refractivity contribution >= 4 is 29.5 Å². The first kappa shape index (κ1) is 25.3. The van der Waals surface area contributed by atoms with Gasteiger partial charge < -0.3 is 24.4 Å². The summed E-state index contributed by atoms with van der Waals surface area (Å²) in [6.07, 6.45) is 3.95. The van der Waals surface area contributed by atoms with Crippen molar-refractivity contribution in [1.29, 1.82) is 0 Å². The number of thioether (sulfide) groups is 2. The SMILES string of the molecule is CCOCCOc1cc(C(O)C#Cc2ccc(C(=O)O)cc2)cc2c1C(SC)(SC)CCO2. The highest BCUT2D eigenvalue weighted by molar-refractivity contribution is 8.16. The fourth-order valence-corrected chi connectivity index (χ4v) is 5.62. The summed E-state index contributed by atoms with van der Waals surface area (Å²) in [7, 11) is 0. The summed E-state index contributed by atoms with van der Waals surface area (Å²) in [6, 6.07) is 9.87. The number of hydrogen-bond acceptors (Lipinski definition) is 7. The fourth-order valence-electron chi connectivity index (χ4n) is 3.57. The average Bonchev–Trinajstić information content (AvgIpc) is 2.84. The second-order valence-electron chi connectivity index (χ2n) is 7.25. The van der Waals surface area contributed by atoms with Crippen molar-refractivity contribution in [3.05, 3.63) is 58.7 Å². The molecular weight excluding hydrogens is 460 g/mol. The van der Waals surface area contributed by atoms with Crippen molar-refractivity contribution < 1.29 is 29.2 Å². The third-order valence-electron chi connectivity index (χ3n) is 5.31. The Morgan fingerprint density at radius 1 is 1.21 bits per heavy atom. The lowest BCUT2D eigenvalue weighted by Crippen LogP contribution is -2.28.